The molecule has 0 radical (unpaired) electrons. The number of carbonyl (C=O) groups is 1. The number of amides is 1. The summed E-state index contributed by atoms with van der Waals surface area (Å²) in [6.45, 7) is 4.21. The fourth-order valence-electron chi connectivity index (χ4n) is 3.14. The second-order valence-corrected chi connectivity index (χ2v) is 6.51. The number of hydrogen-bond donors (Lipinski definition) is 0. The summed E-state index contributed by atoms with van der Waals surface area (Å²) in [4.78, 5) is 30.9. The van der Waals surface area contributed by atoms with Gasteiger partial charge in [0.1, 0.15) is 17.8 Å². The Bertz CT molecular complexity index is 905. The summed E-state index contributed by atoms with van der Waals surface area (Å²) in [5.74, 6) is 1.43. The molecule has 0 N–H and O–H groups in total. The first kappa shape index (κ1) is 19.3. The average Bonchev–Trinajstić information content (AvgIpc) is 2.72. The highest BCUT2D eigenvalue weighted by Gasteiger charge is 2.22. The largest absolute Gasteiger partial charge is 0.497 e. The van der Waals surface area contributed by atoms with Crippen molar-refractivity contribution in [3.8, 4) is 5.75 Å². The van der Waals surface area contributed by atoms with Gasteiger partial charge in [-0.25, -0.2) is 4.98 Å². The molecule has 8 heteroatoms. The van der Waals surface area contributed by atoms with Crippen molar-refractivity contribution in [1.29, 1.82) is 0 Å². The number of ether oxygens (including phenoxy) is 1. The molecule has 0 atom stereocenters. The number of methoxy groups -OCH3 is 1. The minimum Gasteiger partial charge on any atom is -0.497 e. The zero-order chi connectivity index (χ0) is 20.1. The lowest BCUT2D eigenvalue weighted by Crippen LogP contribution is -2.48. The molecule has 28 heavy (non-hydrogen) atoms. The van der Waals surface area contributed by atoms with E-state index in [1.807, 2.05) is 31.2 Å². The molecule has 146 valence electrons. The Kier molecular flexibility index (Phi) is 5.88. The number of anilines is 1. The number of rotatable bonds is 5. The van der Waals surface area contributed by atoms with Gasteiger partial charge in [0.15, 0.2) is 0 Å². The van der Waals surface area contributed by atoms with E-state index in [2.05, 4.69) is 9.88 Å². The van der Waals surface area contributed by atoms with Gasteiger partial charge in [0, 0.05) is 38.3 Å². The van der Waals surface area contributed by atoms with Crippen LogP contribution in [0.3, 0.4) is 0 Å². The van der Waals surface area contributed by atoms with E-state index in [4.69, 9.17) is 4.74 Å². The van der Waals surface area contributed by atoms with Gasteiger partial charge in [-0.1, -0.05) is 12.1 Å². The molecular weight excluding hydrogens is 360 g/mol. The molecular formula is C20H22N4O4. The molecule has 0 unspecified atom stereocenters. The van der Waals surface area contributed by atoms with Gasteiger partial charge in [0.25, 0.3) is 5.69 Å². The van der Waals surface area contributed by atoms with E-state index in [-0.39, 0.29) is 11.6 Å². The fourth-order valence-corrected chi connectivity index (χ4v) is 3.14. The highest BCUT2D eigenvalue weighted by molar-refractivity contribution is 5.92. The summed E-state index contributed by atoms with van der Waals surface area (Å²) in [5.41, 5.74) is 1.64. The van der Waals surface area contributed by atoms with Crippen LogP contribution in [-0.4, -0.2) is 54.0 Å². The molecule has 1 aliphatic rings. The van der Waals surface area contributed by atoms with Crippen LogP contribution in [0.1, 0.15) is 11.1 Å². The van der Waals surface area contributed by atoms with Gasteiger partial charge in [-0.05, 0) is 36.3 Å². The van der Waals surface area contributed by atoms with Crippen molar-refractivity contribution in [3.05, 3.63) is 63.8 Å². The lowest BCUT2D eigenvalue weighted by Gasteiger charge is -2.35. The van der Waals surface area contributed by atoms with Crippen LogP contribution in [0.25, 0.3) is 6.08 Å². The summed E-state index contributed by atoms with van der Waals surface area (Å²) >= 11 is 0. The van der Waals surface area contributed by atoms with Crippen molar-refractivity contribution >= 4 is 23.5 Å². The predicted molar refractivity (Wildman–Crippen MR) is 106 cm³/mol. The Balaban J connectivity index is 1.59. The van der Waals surface area contributed by atoms with Crippen LogP contribution in [0.5, 0.6) is 5.75 Å². The second-order valence-electron chi connectivity index (χ2n) is 6.51. The molecule has 2 aromatic rings. The molecule has 3 rings (SSSR count). The number of piperazine rings is 1. The average molecular weight is 382 g/mol. The zero-order valence-corrected chi connectivity index (χ0v) is 15.9. The Labute approximate surface area is 163 Å². The highest BCUT2D eigenvalue weighted by Crippen LogP contribution is 2.22. The van der Waals surface area contributed by atoms with Crippen LogP contribution in [0.2, 0.25) is 0 Å². The van der Waals surface area contributed by atoms with E-state index >= 15 is 0 Å². The van der Waals surface area contributed by atoms with Crippen LogP contribution >= 0.6 is 0 Å². The number of benzene rings is 1. The zero-order valence-electron chi connectivity index (χ0n) is 15.9. The molecule has 0 saturated carbocycles. The van der Waals surface area contributed by atoms with E-state index < -0.39 is 4.92 Å². The first-order valence-electron chi connectivity index (χ1n) is 8.95. The van der Waals surface area contributed by atoms with Crippen molar-refractivity contribution in [2.75, 3.05) is 38.2 Å². The van der Waals surface area contributed by atoms with E-state index in [0.29, 0.717) is 26.2 Å². The summed E-state index contributed by atoms with van der Waals surface area (Å²) in [6, 6.07) is 9.03. The smallest absolute Gasteiger partial charge is 0.287 e. The minimum absolute atomic E-state index is 0.0160. The molecule has 8 nitrogen and oxygen atoms in total. The Morgan fingerprint density at radius 1 is 1.25 bits per heavy atom. The number of carbonyl (C=O) groups excluding carboxylic acids is 1. The first-order chi connectivity index (χ1) is 13.5. The van der Waals surface area contributed by atoms with Gasteiger partial charge in [-0.15, -0.1) is 0 Å². The molecule has 1 aromatic carbocycles. The van der Waals surface area contributed by atoms with Gasteiger partial charge >= 0.3 is 0 Å². The summed E-state index contributed by atoms with van der Waals surface area (Å²) in [5, 5.41) is 10.9. The van der Waals surface area contributed by atoms with Crippen LogP contribution < -0.4 is 9.64 Å². The Morgan fingerprint density at radius 3 is 2.64 bits per heavy atom. The molecule has 1 fully saturated rings. The van der Waals surface area contributed by atoms with Crippen LogP contribution in [-0.2, 0) is 4.79 Å². The SMILES string of the molecule is COc1cccc(/C=C/C(=O)N2CCN(c3ncc([N+](=O)[O-])cc3C)CC2)c1. The maximum atomic E-state index is 12.5. The summed E-state index contributed by atoms with van der Waals surface area (Å²) < 4.78 is 5.18. The number of pyridine rings is 1. The van der Waals surface area contributed by atoms with Crippen LogP contribution in [0, 0.1) is 17.0 Å². The number of nitro groups is 1. The fraction of sp³-hybridized carbons (Fsp3) is 0.300. The van der Waals surface area contributed by atoms with E-state index in [9.17, 15) is 14.9 Å². The van der Waals surface area contributed by atoms with Crippen molar-refractivity contribution in [3.63, 3.8) is 0 Å². The molecule has 1 saturated heterocycles. The standard InChI is InChI=1S/C20H22N4O4/c1-15-12-17(24(26)27)14-21-20(15)23-10-8-22(9-11-23)19(25)7-6-16-4-3-5-18(13-16)28-2/h3-7,12-14H,8-11H2,1-2H3/b7-6+. The minimum atomic E-state index is -0.449. The molecule has 2 heterocycles. The van der Waals surface area contributed by atoms with Gasteiger partial charge < -0.3 is 14.5 Å². The number of aromatic nitrogens is 1. The third-order valence-electron chi connectivity index (χ3n) is 4.65. The first-order valence-corrected chi connectivity index (χ1v) is 8.95. The van der Waals surface area contributed by atoms with Gasteiger partial charge in [0.2, 0.25) is 5.91 Å². The lowest BCUT2D eigenvalue weighted by atomic mass is 10.2. The predicted octanol–water partition coefficient (Wildman–Crippen LogP) is 2.67. The van der Waals surface area contributed by atoms with Gasteiger partial charge in [0.05, 0.1) is 12.0 Å². The third-order valence-corrected chi connectivity index (χ3v) is 4.65. The normalized spacial score (nSPS) is 14.4. The Hall–Kier alpha value is -3.42. The van der Waals surface area contributed by atoms with Crippen molar-refractivity contribution in [1.82, 2.24) is 9.88 Å². The van der Waals surface area contributed by atoms with E-state index in [0.717, 1.165) is 22.7 Å². The maximum Gasteiger partial charge on any atom is 0.287 e. The van der Waals surface area contributed by atoms with Crippen LogP contribution in [0.15, 0.2) is 42.6 Å². The molecule has 1 aromatic heterocycles. The molecule has 0 aliphatic carbocycles. The Morgan fingerprint density at radius 2 is 2.00 bits per heavy atom. The van der Waals surface area contributed by atoms with E-state index in [1.165, 1.54) is 12.3 Å². The lowest BCUT2D eigenvalue weighted by molar-refractivity contribution is -0.385. The van der Waals surface area contributed by atoms with Crippen molar-refractivity contribution in [2.45, 2.75) is 6.92 Å². The maximum absolute atomic E-state index is 12.5. The molecule has 0 spiro atoms. The summed E-state index contributed by atoms with van der Waals surface area (Å²) in [7, 11) is 1.61. The third kappa shape index (κ3) is 4.46. The summed E-state index contributed by atoms with van der Waals surface area (Å²) in [6.07, 6.45) is 4.62. The highest BCUT2D eigenvalue weighted by atomic mass is 16.6. The van der Waals surface area contributed by atoms with Crippen molar-refractivity contribution in [2.24, 2.45) is 0 Å². The van der Waals surface area contributed by atoms with Gasteiger partial charge in [-0.2, -0.15) is 0 Å². The van der Waals surface area contributed by atoms with Crippen molar-refractivity contribution < 1.29 is 14.5 Å². The second kappa shape index (κ2) is 8.51. The van der Waals surface area contributed by atoms with Gasteiger partial charge in [-0.3, -0.25) is 14.9 Å². The molecule has 0 bridgehead atoms. The monoisotopic (exact) mass is 382 g/mol. The number of nitrogens with zero attached hydrogens (tertiary/aromatic N) is 4. The number of hydrogen-bond acceptors (Lipinski definition) is 6. The number of aryl methyl sites for hydroxylation is 1. The topological polar surface area (TPSA) is 88.8 Å². The van der Waals surface area contributed by atoms with E-state index in [1.54, 1.807) is 24.2 Å². The molecule has 1 amide bonds. The molecule has 1 aliphatic heterocycles. The quantitative estimate of drug-likeness (QED) is 0.449. The van der Waals surface area contributed by atoms with Crippen LogP contribution in [0.4, 0.5) is 11.5 Å².